The van der Waals surface area contributed by atoms with Gasteiger partial charge in [0.05, 0.1) is 11.3 Å². The number of aromatic nitrogens is 3. The summed E-state index contributed by atoms with van der Waals surface area (Å²) in [5.41, 5.74) is -1.91. The number of benzene rings is 1. The molecule has 0 radical (unpaired) electrons. The maximum atomic E-state index is 13.8. The number of hydrogen-bond donors (Lipinski definition) is 1. The minimum Gasteiger partial charge on any atom is -0.443 e. The van der Waals surface area contributed by atoms with E-state index >= 15 is 0 Å². The third-order valence-corrected chi connectivity index (χ3v) is 9.22. The van der Waals surface area contributed by atoms with Gasteiger partial charge >= 0.3 is 12.4 Å². The van der Waals surface area contributed by atoms with E-state index in [1.54, 1.807) is 13.8 Å². The molecule has 1 fully saturated rings. The highest BCUT2D eigenvalue weighted by atomic mass is 32.2. The van der Waals surface area contributed by atoms with Crippen molar-refractivity contribution >= 4 is 26.9 Å². The summed E-state index contributed by atoms with van der Waals surface area (Å²) < 4.78 is 127. The maximum absolute atomic E-state index is 13.8. The summed E-state index contributed by atoms with van der Waals surface area (Å²) in [5, 5.41) is 2.00. The van der Waals surface area contributed by atoms with Crippen LogP contribution in [-0.4, -0.2) is 45.7 Å². The number of fused-ring (bicyclic) bond motifs is 1. The standard InChI is InChI=1S/C27H22F7N5O4S/c1-13-5-21(39(14(13)2)44(41,42)23-8-15-6-18(28)3-4-22(15)43-23)24(40)36-9-16-7-20(35-12-19(16)26(29,30)31)17-10-37-25(38-11-17)27(32,33)34/h3-4,6-8,10-14,21H,5,9H2,1-2H3,(H,36,40)/t13-,14+,21+/m1/s1. The van der Waals surface area contributed by atoms with Gasteiger partial charge in [-0.15, -0.1) is 0 Å². The molecule has 9 nitrogen and oxygen atoms in total. The van der Waals surface area contributed by atoms with Crippen molar-refractivity contribution in [3.63, 3.8) is 0 Å². The average molecular weight is 646 g/mol. The van der Waals surface area contributed by atoms with Crippen LogP contribution in [0.15, 0.2) is 58.4 Å². The van der Waals surface area contributed by atoms with Crippen LogP contribution in [0.5, 0.6) is 0 Å². The van der Waals surface area contributed by atoms with Crippen LogP contribution in [0, 0.1) is 11.7 Å². The zero-order chi connectivity index (χ0) is 32.2. The second-order valence-electron chi connectivity index (χ2n) is 10.3. The number of rotatable bonds is 6. The van der Waals surface area contributed by atoms with E-state index in [-0.39, 0.29) is 34.6 Å². The second kappa shape index (κ2) is 11.1. The first-order valence-electron chi connectivity index (χ1n) is 12.9. The zero-order valence-electron chi connectivity index (χ0n) is 22.7. The van der Waals surface area contributed by atoms with E-state index in [0.717, 1.165) is 41.0 Å². The summed E-state index contributed by atoms with van der Waals surface area (Å²) in [6.45, 7) is 2.56. The number of amides is 1. The smallest absolute Gasteiger partial charge is 0.443 e. The molecule has 0 bridgehead atoms. The highest BCUT2D eigenvalue weighted by Crippen LogP contribution is 2.37. The number of halogens is 7. The SMILES string of the molecule is C[C@@H]1C[C@@H](C(=O)NCc2cc(-c3cnc(C(F)(F)F)nc3)ncc2C(F)(F)F)N(S(=O)(=O)c2cc3cc(F)ccc3o2)[C@H]1C. The molecule has 0 spiro atoms. The van der Waals surface area contributed by atoms with Gasteiger partial charge in [-0.25, -0.2) is 22.8 Å². The number of nitrogens with zero attached hydrogens (tertiary/aromatic N) is 4. The van der Waals surface area contributed by atoms with Crippen LogP contribution in [0.3, 0.4) is 0 Å². The Hall–Kier alpha value is -4.12. The minimum absolute atomic E-state index is 0.0394. The molecule has 3 aromatic heterocycles. The number of sulfonamides is 1. The molecule has 1 aliphatic rings. The van der Waals surface area contributed by atoms with Gasteiger partial charge in [0.15, 0.2) is 0 Å². The lowest BCUT2D eigenvalue weighted by Crippen LogP contribution is -2.48. The first kappa shape index (κ1) is 31.3. The lowest BCUT2D eigenvalue weighted by Gasteiger charge is -2.26. The van der Waals surface area contributed by atoms with Gasteiger partial charge in [0.1, 0.15) is 17.4 Å². The summed E-state index contributed by atoms with van der Waals surface area (Å²) >= 11 is 0. The van der Waals surface area contributed by atoms with Crippen molar-refractivity contribution in [3.05, 3.63) is 71.7 Å². The number of pyridine rings is 1. The minimum atomic E-state index is -4.91. The first-order valence-corrected chi connectivity index (χ1v) is 14.4. The largest absolute Gasteiger partial charge is 0.451 e. The molecule has 234 valence electrons. The molecule has 3 atom stereocenters. The second-order valence-corrected chi connectivity index (χ2v) is 12.1. The normalized spacial score (nSPS) is 19.9. The van der Waals surface area contributed by atoms with E-state index in [1.807, 2.05) is 0 Å². The average Bonchev–Trinajstić information content (AvgIpc) is 3.51. The van der Waals surface area contributed by atoms with Crippen molar-refractivity contribution in [1.82, 2.24) is 24.6 Å². The summed E-state index contributed by atoms with van der Waals surface area (Å²) in [5.74, 6) is -3.29. The summed E-state index contributed by atoms with van der Waals surface area (Å²) in [6.07, 6.45) is -7.73. The zero-order valence-corrected chi connectivity index (χ0v) is 23.6. The Bertz CT molecular complexity index is 1830. The topological polar surface area (TPSA) is 118 Å². The Kier molecular flexibility index (Phi) is 7.90. The van der Waals surface area contributed by atoms with Gasteiger partial charge in [0.2, 0.25) is 16.8 Å². The van der Waals surface area contributed by atoms with Gasteiger partial charge in [-0.05, 0) is 49.1 Å². The molecule has 5 rings (SSSR count). The van der Waals surface area contributed by atoms with E-state index in [0.29, 0.717) is 6.20 Å². The molecule has 1 aliphatic heterocycles. The number of furan rings is 1. The predicted octanol–water partition coefficient (Wildman–Crippen LogP) is 5.57. The Balaban J connectivity index is 1.42. The fourth-order valence-corrected chi connectivity index (χ4v) is 6.82. The van der Waals surface area contributed by atoms with Crippen molar-refractivity contribution in [2.75, 3.05) is 0 Å². The molecule has 17 heteroatoms. The number of carbonyl (C=O) groups excluding carboxylic acids is 1. The summed E-state index contributed by atoms with van der Waals surface area (Å²) in [7, 11) is -4.46. The Morgan fingerprint density at radius 1 is 1.00 bits per heavy atom. The Labute approximate surface area is 245 Å². The lowest BCUT2D eigenvalue weighted by atomic mass is 10.0. The lowest BCUT2D eigenvalue weighted by molar-refractivity contribution is -0.145. The summed E-state index contributed by atoms with van der Waals surface area (Å²) in [4.78, 5) is 23.4. The van der Waals surface area contributed by atoms with E-state index in [4.69, 9.17) is 4.42 Å². The predicted molar refractivity (Wildman–Crippen MR) is 139 cm³/mol. The van der Waals surface area contributed by atoms with Crippen molar-refractivity contribution in [2.24, 2.45) is 5.92 Å². The monoisotopic (exact) mass is 645 g/mol. The van der Waals surface area contributed by atoms with E-state index in [2.05, 4.69) is 20.3 Å². The van der Waals surface area contributed by atoms with E-state index in [1.165, 1.54) is 6.07 Å². The molecule has 0 aliphatic carbocycles. The van der Waals surface area contributed by atoms with Crippen molar-refractivity contribution < 1.29 is 48.4 Å². The van der Waals surface area contributed by atoms with Crippen LogP contribution < -0.4 is 5.32 Å². The number of carbonyl (C=O) groups is 1. The maximum Gasteiger partial charge on any atom is 0.451 e. The first-order chi connectivity index (χ1) is 20.5. The molecule has 44 heavy (non-hydrogen) atoms. The van der Waals surface area contributed by atoms with Gasteiger partial charge in [-0.2, -0.15) is 30.6 Å². The van der Waals surface area contributed by atoms with Crippen LogP contribution in [0.25, 0.3) is 22.2 Å². The molecule has 0 saturated carbocycles. The van der Waals surface area contributed by atoms with E-state index in [9.17, 15) is 43.9 Å². The number of alkyl halides is 6. The fraction of sp³-hybridized carbons (Fsp3) is 0.333. The van der Waals surface area contributed by atoms with Gasteiger partial charge in [0.25, 0.3) is 10.0 Å². The van der Waals surface area contributed by atoms with Crippen LogP contribution in [0.1, 0.15) is 37.2 Å². The highest BCUT2D eigenvalue weighted by Gasteiger charge is 2.48. The molecule has 1 N–H and O–H groups in total. The molecular formula is C27H22F7N5O4S. The highest BCUT2D eigenvalue weighted by molar-refractivity contribution is 7.89. The number of nitrogens with one attached hydrogen (secondary N) is 1. The Morgan fingerprint density at radius 2 is 1.68 bits per heavy atom. The van der Waals surface area contributed by atoms with Crippen molar-refractivity contribution in [1.29, 1.82) is 0 Å². The number of hydrogen-bond acceptors (Lipinski definition) is 7. The molecule has 1 aromatic carbocycles. The van der Waals surface area contributed by atoms with Crippen LogP contribution >= 0.6 is 0 Å². The molecule has 4 heterocycles. The third-order valence-electron chi connectivity index (χ3n) is 7.37. The van der Waals surface area contributed by atoms with Gasteiger partial charge in [-0.1, -0.05) is 6.92 Å². The third kappa shape index (κ3) is 5.97. The van der Waals surface area contributed by atoms with Gasteiger partial charge in [-0.3, -0.25) is 9.78 Å². The van der Waals surface area contributed by atoms with E-state index < -0.39 is 74.8 Å². The van der Waals surface area contributed by atoms with Crippen LogP contribution in [0.2, 0.25) is 0 Å². The van der Waals surface area contributed by atoms with Crippen LogP contribution in [0.4, 0.5) is 30.7 Å². The molecule has 4 aromatic rings. The summed E-state index contributed by atoms with van der Waals surface area (Å²) in [6, 6.07) is 3.43. The molecule has 1 amide bonds. The van der Waals surface area contributed by atoms with Crippen molar-refractivity contribution in [3.8, 4) is 11.3 Å². The fourth-order valence-electron chi connectivity index (χ4n) is 4.98. The van der Waals surface area contributed by atoms with Crippen molar-refractivity contribution in [2.45, 2.75) is 56.3 Å². The van der Waals surface area contributed by atoms with Gasteiger partial charge in [0, 0.05) is 48.2 Å². The van der Waals surface area contributed by atoms with Gasteiger partial charge < -0.3 is 9.73 Å². The quantitative estimate of drug-likeness (QED) is 0.273. The Morgan fingerprint density at radius 3 is 2.32 bits per heavy atom. The molecular weight excluding hydrogens is 623 g/mol. The molecule has 1 saturated heterocycles. The van der Waals surface area contributed by atoms with Crippen LogP contribution in [-0.2, 0) is 33.7 Å². The molecule has 0 unspecified atom stereocenters.